The molecule has 2 aromatic rings. The van der Waals surface area contributed by atoms with Crippen LogP contribution in [-0.2, 0) is 0 Å². The maximum atomic E-state index is 12.1. The molecule has 0 aliphatic carbocycles. The molecule has 0 amide bonds. The van der Waals surface area contributed by atoms with E-state index in [1.165, 1.54) is 18.0 Å². The van der Waals surface area contributed by atoms with Gasteiger partial charge in [-0.2, -0.15) is 11.8 Å². The van der Waals surface area contributed by atoms with Gasteiger partial charge < -0.3 is 14.6 Å². The molecule has 106 valence electrons. The summed E-state index contributed by atoms with van der Waals surface area (Å²) in [5, 5.41) is 18.2. The molecule has 0 aliphatic rings. The number of phenols is 1. The van der Waals surface area contributed by atoms with Crippen molar-refractivity contribution < 1.29 is 19.4 Å². The van der Waals surface area contributed by atoms with Crippen molar-refractivity contribution in [3.05, 3.63) is 54.0 Å². The van der Waals surface area contributed by atoms with E-state index >= 15 is 0 Å². The van der Waals surface area contributed by atoms with Gasteiger partial charge in [0, 0.05) is 17.4 Å². The number of furan rings is 1. The van der Waals surface area contributed by atoms with Crippen LogP contribution in [0.5, 0.6) is 5.75 Å². The summed E-state index contributed by atoms with van der Waals surface area (Å²) in [6.07, 6.45) is 1.77. The van der Waals surface area contributed by atoms with E-state index in [4.69, 9.17) is 9.52 Å². The van der Waals surface area contributed by atoms with Crippen molar-refractivity contribution in [1.82, 2.24) is 0 Å². The first kappa shape index (κ1) is 14.7. The lowest BCUT2D eigenvalue weighted by molar-refractivity contribution is 0.0955. The van der Waals surface area contributed by atoms with Gasteiger partial charge in [-0.1, -0.05) is 12.1 Å². The number of rotatable bonds is 7. The molecular formula is C15H16O4S. The molecule has 1 heterocycles. The normalized spacial score (nSPS) is 12.2. The Balaban J connectivity index is 2.11. The first-order valence-corrected chi connectivity index (χ1v) is 7.33. The molecule has 1 atom stereocenters. The number of hydrogen-bond donors (Lipinski definition) is 2. The second-order valence-corrected chi connectivity index (χ2v) is 5.59. The molecule has 0 bridgehead atoms. The summed E-state index contributed by atoms with van der Waals surface area (Å²) in [6, 6.07) is 10.1. The second kappa shape index (κ2) is 7.17. The van der Waals surface area contributed by atoms with Crippen molar-refractivity contribution in [3.63, 3.8) is 0 Å². The summed E-state index contributed by atoms with van der Waals surface area (Å²) in [5.41, 5.74) is 0.946. The number of phenolic OH excluding ortho intramolecular Hbond substituents is 1. The smallest absolute Gasteiger partial charge is 0.199 e. The van der Waals surface area contributed by atoms with Gasteiger partial charge in [0.1, 0.15) is 5.75 Å². The molecule has 0 spiro atoms. The Kier molecular flexibility index (Phi) is 5.26. The fourth-order valence-corrected chi connectivity index (χ4v) is 2.87. The van der Waals surface area contributed by atoms with Crippen LogP contribution in [0.3, 0.4) is 0 Å². The third-order valence-electron chi connectivity index (χ3n) is 2.84. The minimum absolute atomic E-state index is 0.0637. The fourth-order valence-electron chi connectivity index (χ4n) is 1.86. The molecule has 2 rings (SSSR count). The zero-order valence-electron chi connectivity index (χ0n) is 10.9. The zero-order valence-corrected chi connectivity index (χ0v) is 11.7. The summed E-state index contributed by atoms with van der Waals surface area (Å²) in [6.45, 7) is 0.0637. The van der Waals surface area contributed by atoms with Crippen LogP contribution in [0.1, 0.15) is 27.8 Å². The van der Waals surface area contributed by atoms with Crippen LogP contribution in [0.4, 0.5) is 0 Å². The lowest BCUT2D eigenvalue weighted by Gasteiger charge is -2.15. The van der Waals surface area contributed by atoms with Crippen LogP contribution in [0, 0.1) is 0 Å². The molecule has 0 saturated heterocycles. The monoisotopic (exact) mass is 292 g/mol. The number of aliphatic hydroxyl groups excluding tert-OH is 1. The quantitative estimate of drug-likeness (QED) is 0.768. The maximum Gasteiger partial charge on any atom is 0.199 e. The molecule has 4 nitrogen and oxygen atoms in total. The Hall–Kier alpha value is -1.72. The molecule has 1 aromatic carbocycles. The van der Waals surface area contributed by atoms with Crippen LogP contribution in [0.25, 0.3) is 0 Å². The van der Waals surface area contributed by atoms with E-state index < -0.39 is 0 Å². The van der Waals surface area contributed by atoms with Gasteiger partial charge in [-0.3, -0.25) is 4.79 Å². The SMILES string of the molecule is O=C(C[C@@H](SCCO)c1ccc(O)cc1)c1ccco1. The first-order valence-electron chi connectivity index (χ1n) is 6.29. The minimum Gasteiger partial charge on any atom is -0.508 e. The van der Waals surface area contributed by atoms with Gasteiger partial charge in [0.2, 0.25) is 0 Å². The third-order valence-corrected chi connectivity index (χ3v) is 4.10. The third kappa shape index (κ3) is 3.88. The van der Waals surface area contributed by atoms with Crippen molar-refractivity contribution in [2.24, 2.45) is 0 Å². The van der Waals surface area contributed by atoms with E-state index in [1.54, 1.807) is 36.4 Å². The highest BCUT2D eigenvalue weighted by atomic mass is 32.2. The number of carbonyl (C=O) groups excluding carboxylic acids is 1. The highest BCUT2D eigenvalue weighted by Gasteiger charge is 2.19. The number of thioether (sulfide) groups is 1. The number of hydrogen-bond acceptors (Lipinski definition) is 5. The summed E-state index contributed by atoms with van der Waals surface area (Å²) >= 11 is 1.51. The lowest BCUT2D eigenvalue weighted by atomic mass is 10.1. The Morgan fingerprint density at radius 3 is 2.60 bits per heavy atom. The van der Waals surface area contributed by atoms with Gasteiger partial charge in [-0.15, -0.1) is 0 Å². The standard InChI is InChI=1S/C15H16O4S/c16-7-9-20-15(11-3-5-12(17)6-4-11)10-13(18)14-2-1-8-19-14/h1-6,8,15-17H,7,9-10H2/t15-/m1/s1. The van der Waals surface area contributed by atoms with Crippen molar-refractivity contribution in [2.75, 3.05) is 12.4 Å². The lowest BCUT2D eigenvalue weighted by Crippen LogP contribution is -2.06. The van der Waals surface area contributed by atoms with Crippen molar-refractivity contribution >= 4 is 17.5 Å². The van der Waals surface area contributed by atoms with Gasteiger partial charge in [0.05, 0.1) is 12.9 Å². The number of ketones is 1. The molecular weight excluding hydrogens is 276 g/mol. The predicted molar refractivity (Wildman–Crippen MR) is 78.0 cm³/mol. The number of aromatic hydroxyl groups is 1. The van der Waals surface area contributed by atoms with Crippen LogP contribution in [0.2, 0.25) is 0 Å². The Morgan fingerprint density at radius 2 is 2.00 bits per heavy atom. The van der Waals surface area contributed by atoms with Crippen LogP contribution in [-0.4, -0.2) is 28.4 Å². The molecule has 0 radical (unpaired) electrons. The number of aliphatic hydroxyl groups is 1. The molecule has 0 unspecified atom stereocenters. The van der Waals surface area contributed by atoms with Crippen molar-refractivity contribution in [1.29, 1.82) is 0 Å². The largest absolute Gasteiger partial charge is 0.508 e. The average molecular weight is 292 g/mol. The van der Waals surface area contributed by atoms with Crippen molar-refractivity contribution in [2.45, 2.75) is 11.7 Å². The van der Waals surface area contributed by atoms with Gasteiger partial charge in [-0.05, 0) is 29.8 Å². The number of benzene rings is 1. The molecule has 5 heteroatoms. The van der Waals surface area contributed by atoms with Crippen LogP contribution < -0.4 is 0 Å². The zero-order chi connectivity index (χ0) is 14.4. The fraction of sp³-hybridized carbons (Fsp3) is 0.267. The summed E-state index contributed by atoms with van der Waals surface area (Å²) in [7, 11) is 0. The van der Waals surface area contributed by atoms with Crippen LogP contribution in [0.15, 0.2) is 47.1 Å². The van der Waals surface area contributed by atoms with Gasteiger partial charge >= 0.3 is 0 Å². The van der Waals surface area contributed by atoms with E-state index in [0.29, 0.717) is 17.9 Å². The van der Waals surface area contributed by atoms with E-state index in [9.17, 15) is 9.90 Å². The van der Waals surface area contributed by atoms with Gasteiger partial charge in [0.25, 0.3) is 0 Å². The Bertz CT molecular complexity index is 534. The van der Waals surface area contributed by atoms with Crippen molar-refractivity contribution in [3.8, 4) is 5.75 Å². The average Bonchev–Trinajstić information content (AvgIpc) is 2.98. The van der Waals surface area contributed by atoms with Crippen LogP contribution >= 0.6 is 11.8 Å². The maximum absolute atomic E-state index is 12.1. The number of Topliss-reactive ketones (excluding diaryl/α,β-unsaturated/α-hetero) is 1. The molecule has 0 aliphatic heterocycles. The highest BCUT2D eigenvalue weighted by Crippen LogP contribution is 2.33. The summed E-state index contributed by atoms with van der Waals surface area (Å²) < 4.78 is 5.11. The molecule has 0 saturated carbocycles. The molecule has 20 heavy (non-hydrogen) atoms. The Morgan fingerprint density at radius 1 is 1.25 bits per heavy atom. The topological polar surface area (TPSA) is 70.7 Å². The summed E-state index contributed by atoms with van der Waals surface area (Å²) in [4.78, 5) is 12.1. The second-order valence-electron chi connectivity index (χ2n) is 4.28. The van der Waals surface area contributed by atoms with Gasteiger partial charge in [-0.25, -0.2) is 0 Å². The highest BCUT2D eigenvalue weighted by molar-refractivity contribution is 7.99. The minimum atomic E-state index is -0.0708. The first-order chi connectivity index (χ1) is 9.70. The van der Waals surface area contributed by atoms with E-state index in [0.717, 1.165) is 5.56 Å². The van der Waals surface area contributed by atoms with E-state index in [-0.39, 0.29) is 23.4 Å². The predicted octanol–water partition coefficient (Wildman–Crippen LogP) is 3.02. The summed E-state index contributed by atoms with van der Waals surface area (Å²) in [5.74, 6) is 1.02. The van der Waals surface area contributed by atoms with Gasteiger partial charge in [0.15, 0.2) is 11.5 Å². The molecule has 0 fully saturated rings. The van der Waals surface area contributed by atoms with E-state index in [2.05, 4.69) is 0 Å². The number of carbonyl (C=O) groups is 1. The Labute approximate surface area is 121 Å². The van der Waals surface area contributed by atoms with E-state index in [1.807, 2.05) is 0 Å². The molecule has 1 aromatic heterocycles. The molecule has 2 N–H and O–H groups in total.